The zero-order valence-corrected chi connectivity index (χ0v) is 17.5. The van der Waals surface area contributed by atoms with E-state index in [4.69, 9.17) is 5.11 Å². The van der Waals surface area contributed by atoms with Crippen molar-refractivity contribution in [2.45, 2.75) is 13.3 Å². The molecule has 5 heteroatoms. The van der Waals surface area contributed by atoms with Crippen LogP contribution in [0.25, 0.3) is 28.1 Å². The summed E-state index contributed by atoms with van der Waals surface area (Å²) in [7, 11) is 0. The maximum absolute atomic E-state index is 10.8. The van der Waals surface area contributed by atoms with Gasteiger partial charge in [-0.25, -0.2) is 4.79 Å². The molecule has 1 heterocycles. The molecular formula is C27H21N3O2. The van der Waals surface area contributed by atoms with Crippen LogP contribution in [0.1, 0.15) is 41.2 Å². The van der Waals surface area contributed by atoms with Crippen molar-refractivity contribution in [3.63, 3.8) is 0 Å². The summed E-state index contributed by atoms with van der Waals surface area (Å²) in [4.78, 5) is 10.8. The molecule has 156 valence electrons. The Hall–Kier alpha value is -4.43. The average molecular weight is 419 g/mol. The van der Waals surface area contributed by atoms with Crippen LogP contribution in [-0.2, 0) is 4.79 Å². The first kappa shape index (κ1) is 20.8. The Bertz CT molecular complexity index is 1390. The van der Waals surface area contributed by atoms with Gasteiger partial charge >= 0.3 is 5.97 Å². The molecule has 0 saturated heterocycles. The van der Waals surface area contributed by atoms with Crippen LogP contribution in [0.15, 0.2) is 79.0 Å². The monoisotopic (exact) mass is 419 g/mol. The number of nitrogens with zero attached hydrogens (tertiary/aromatic N) is 2. The molecule has 0 atom stereocenters. The van der Waals surface area contributed by atoms with E-state index in [1.165, 1.54) is 0 Å². The summed E-state index contributed by atoms with van der Waals surface area (Å²) in [5, 5.41) is 26.7. The Morgan fingerprint density at radius 2 is 1.84 bits per heavy atom. The lowest BCUT2D eigenvalue weighted by molar-refractivity contribution is -0.131. The third-order valence-corrected chi connectivity index (χ3v) is 5.37. The van der Waals surface area contributed by atoms with Gasteiger partial charge in [0.1, 0.15) is 0 Å². The highest BCUT2D eigenvalue weighted by atomic mass is 16.4. The fourth-order valence-corrected chi connectivity index (χ4v) is 3.89. The molecular weight excluding hydrogens is 398 g/mol. The summed E-state index contributed by atoms with van der Waals surface area (Å²) >= 11 is 0. The summed E-state index contributed by atoms with van der Waals surface area (Å²) in [5.74, 6) is -0.982. The van der Waals surface area contributed by atoms with Crippen molar-refractivity contribution in [1.29, 1.82) is 5.26 Å². The zero-order chi connectivity index (χ0) is 22.5. The number of nitrogens with one attached hydrogen (secondary N) is 1. The number of nitriles is 1. The maximum atomic E-state index is 10.8. The fraction of sp³-hybridized carbons (Fsp3) is 0.0741. The molecule has 4 rings (SSSR count). The van der Waals surface area contributed by atoms with E-state index >= 15 is 0 Å². The number of aliphatic carboxylic acids is 1. The number of aromatic nitrogens is 2. The highest BCUT2D eigenvalue weighted by Gasteiger charge is 2.16. The van der Waals surface area contributed by atoms with E-state index in [9.17, 15) is 10.1 Å². The normalized spacial score (nSPS) is 12.0. The Morgan fingerprint density at radius 1 is 1.09 bits per heavy atom. The van der Waals surface area contributed by atoms with Gasteiger partial charge in [0.25, 0.3) is 0 Å². The van der Waals surface area contributed by atoms with Crippen LogP contribution in [0.5, 0.6) is 0 Å². The Balaban J connectivity index is 1.95. The van der Waals surface area contributed by atoms with E-state index in [0.29, 0.717) is 5.56 Å². The Labute approximate surface area is 186 Å². The minimum absolute atomic E-state index is 0.632. The van der Waals surface area contributed by atoms with E-state index < -0.39 is 5.97 Å². The van der Waals surface area contributed by atoms with E-state index in [0.717, 1.165) is 56.8 Å². The van der Waals surface area contributed by atoms with Crippen LogP contribution in [0.2, 0.25) is 0 Å². The zero-order valence-electron chi connectivity index (χ0n) is 17.5. The number of hydrogen-bond donors (Lipinski definition) is 2. The lowest BCUT2D eigenvalue weighted by Gasteiger charge is -2.17. The first-order valence-corrected chi connectivity index (χ1v) is 10.3. The number of H-pyrrole nitrogens is 1. The number of carboxylic acids is 1. The molecule has 0 bridgehead atoms. The van der Waals surface area contributed by atoms with Crippen LogP contribution in [0.3, 0.4) is 0 Å². The quantitative estimate of drug-likeness (QED) is 0.301. The fourth-order valence-electron chi connectivity index (χ4n) is 3.89. The number of fused-ring (bicyclic) bond motifs is 1. The Kier molecular flexibility index (Phi) is 5.96. The molecule has 32 heavy (non-hydrogen) atoms. The second-order valence-electron chi connectivity index (χ2n) is 7.33. The third-order valence-electron chi connectivity index (χ3n) is 5.37. The SMILES string of the molecule is CCC(=C(c1ccc(C=CC(=O)O)cc1)c1ccc2[nH]ncc2c1)c1ccccc1C#N. The van der Waals surface area contributed by atoms with Crippen molar-refractivity contribution in [3.8, 4) is 6.07 Å². The van der Waals surface area contributed by atoms with Gasteiger partial charge in [-0.1, -0.05) is 55.5 Å². The summed E-state index contributed by atoms with van der Waals surface area (Å²) < 4.78 is 0. The number of aromatic amines is 1. The third kappa shape index (κ3) is 4.21. The molecule has 0 saturated carbocycles. The van der Waals surface area contributed by atoms with E-state index in [-0.39, 0.29) is 0 Å². The first-order valence-electron chi connectivity index (χ1n) is 10.3. The molecule has 0 radical (unpaired) electrons. The molecule has 0 aliphatic heterocycles. The molecule has 0 spiro atoms. The highest BCUT2D eigenvalue weighted by Crippen LogP contribution is 2.36. The minimum Gasteiger partial charge on any atom is -0.478 e. The first-order chi connectivity index (χ1) is 15.6. The number of allylic oxidation sites excluding steroid dienone is 1. The van der Waals surface area contributed by atoms with E-state index in [1.54, 1.807) is 12.3 Å². The molecule has 0 unspecified atom stereocenters. The van der Waals surface area contributed by atoms with Gasteiger partial charge < -0.3 is 5.11 Å². The number of carboxylic acid groups (broad SMARTS) is 1. The van der Waals surface area contributed by atoms with Gasteiger partial charge in [0.2, 0.25) is 0 Å². The van der Waals surface area contributed by atoms with Gasteiger partial charge in [-0.2, -0.15) is 10.4 Å². The molecule has 1 aromatic heterocycles. The second kappa shape index (κ2) is 9.15. The van der Waals surface area contributed by atoms with Crippen LogP contribution in [0, 0.1) is 11.3 Å². The predicted molar refractivity (Wildman–Crippen MR) is 127 cm³/mol. The summed E-state index contributed by atoms with van der Waals surface area (Å²) in [6, 6.07) is 23.9. The van der Waals surface area contributed by atoms with Gasteiger partial charge in [-0.3, -0.25) is 5.10 Å². The standard InChI is InChI=1S/C27H21N3O2/c1-2-23(24-6-4-3-5-21(24)16-28)27(20-12-13-25-22(15-20)17-29-30-25)19-10-7-18(8-11-19)9-14-26(31)32/h3-15,17H,2H2,1H3,(H,29,30)(H,31,32). The topological polar surface area (TPSA) is 89.8 Å². The molecule has 0 aliphatic rings. The molecule has 3 aromatic carbocycles. The predicted octanol–water partition coefficient (Wildman–Crippen LogP) is 5.90. The van der Waals surface area contributed by atoms with Gasteiger partial charge in [-0.15, -0.1) is 0 Å². The van der Waals surface area contributed by atoms with Crippen LogP contribution in [-0.4, -0.2) is 21.3 Å². The van der Waals surface area contributed by atoms with Crippen LogP contribution < -0.4 is 0 Å². The van der Waals surface area contributed by atoms with E-state index in [2.05, 4.69) is 35.3 Å². The molecule has 4 aromatic rings. The lowest BCUT2D eigenvalue weighted by Crippen LogP contribution is -1.97. The number of hydrogen-bond acceptors (Lipinski definition) is 3. The number of rotatable bonds is 6. The van der Waals surface area contributed by atoms with Gasteiger partial charge in [0.15, 0.2) is 0 Å². The lowest BCUT2D eigenvalue weighted by atomic mass is 9.86. The average Bonchev–Trinajstić information content (AvgIpc) is 3.29. The molecule has 0 fully saturated rings. The summed E-state index contributed by atoms with van der Waals surface area (Å²) in [6.07, 6.45) is 5.22. The smallest absolute Gasteiger partial charge is 0.328 e. The minimum atomic E-state index is -0.982. The van der Waals surface area contributed by atoms with Crippen molar-refractivity contribution in [1.82, 2.24) is 10.2 Å². The Morgan fingerprint density at radius 3 is 2.56 bits per heavy atom. The van der Waals surface area contributed by atoms with Crippen molar-refractivity contribution < 1.29 is 9.90 Å². The van der Waals surface area contributed by atoms with Gasteiger partial charge in [-0.05, 0) is 64.1 Å². The van der Waals surface area contributed by atoms with Crippen LogP contribution >= 0.6 is 0 Å². The number of carbonyl (C=O) groups is 1. The number of benzene rings is 3. The largest absolute Gasteiger partial charge is 0.478 e. The van der Waals surface area contributed by atoms with Gasteiger partial charge in [0, 0.05) is 11.5 Å². The molecule has 0 aliphatic carbocycles. The molecule has 2 N–H and O–H groups in total. The summed E-state index contributed by atoms with van der Waals surface area (Å²) in [5.41, 5.74) is 7.42. The van der Waals surface area contributed by atoms with Crippen molar-refractivity contribution in [2.24, 2.45) is 0 Å². The molecule has 5 nitrogen and oxygen atoms in total. The van der Waals surface area contributed by atoms with Gasteiger partial charge in [0.05, 0.1) is 23.3 Å². The molecule has 0 amide bonds. The van der Waals surface area contributed by atoms with Crippen molar-refractivity contribution in [3.05, 3.63) is 107 Å². The van der Waals surface area contributed by atoms with E-state index in [1.807, 2.05) is 54.6 Å². The second-order valence-corrected chi connectivity index (χ2v) is 7.33. The highest BCUT2D eigenvalue weighted by molar-refractivity contribution is 6.01. The van der Waals surface area contributed by atoms with Crippen molar-refractivity contribution >= 4 is 34.1 Å². The summed E-state index contributed by atoms with van der Waals surface area (Å²) in [6.45, 7) is 2.09. The van der Waals surface area contributed by atoms with Crippen LogP contribution in [0.4, 0.5) is 0 Å². The maximum Gasteiger partial charge on any atom is 0.328 e. The van der Waals surface area contributed by atoms with Crippen molar-refractivity contribution in [2.75, 3.05) is 0 Å².